The van der Waals surface area contributed by atoms with Crippen molar-refractivity contribution in [1.29, 1.82) is 0 Å². The topological polar surface area (TPSA) is 55.6 Å². The number of piperidine rings is 1. The predicted molar refractivity (Wildman–Crippen MR) is 73.2 cm³/mol. The van der Waals surface area contributed by atoms with E-state index in [1.807, 2.05) is 11.8 Å². The largest absolute Gasteiger partial charge is 0.377 e. The number of carbonyl (C=O) groups is 1. The molecule has 0 aromatic carbocycles. The summed E-state index contributed by atoms with van der Waals surface area (Å²) >= 11 is 0. The molecule has 0 aliphatic carbocycles. The van der Waals surface area contributed by atoms with Gasteiger partial charge in [0.1, 0.15) is 0 Å². The monoisotopic (exact) mass is 254 g/mol. The summed E-state index contributed by atoms with van der Waals surface area (Å²) in [6.07, 6.45) is 5.29. The Morgan fingerprint density at radius 3 is 3.11 bits per heavy atom. The molecule has 0 spiro atoms. The molecule has 0 aromatic rings. The molecule has 4 heteroatoms. The maximum absolute atomic E-state index is 12.0. The first-order valence-corrected chi connectivity index (χ1v) is 6.87. The van der Waals surface area contributed by atoms with Crippen LogP contribution in [0.3, 0.4) is 0 Å². The second-order valence-electron chi connectivity index (χ2n) is 5.07. The predicted octanol–water partition coefficient (Wildman–Crippen LogP) is 1.55. The molecule has 1 saturated heterocycles. The van der Waals surface area contributed by atoms with E-state index in [4.69, 9.17) is 10.5 Å². The summed E-state index contributed by atoms with van der Waals surface area (Å²) in [6, 6.07) is 0.177. The minimum absolute atomic E-state index is 0.177. The van der Waals surface area contributed by atoms with Gasteiger partial charge in [0.05, 0.1) is 6.61 Å². The molecule has 2 N–H and O–H groups in total. The van der Waals surface area contributed by atoms with Crippen LogP contribution in [0.1, 0.15) is 32.6 Å². The summed E-state index contributed by atoms with van der Waals surface area (Å²) < 4.78 is 5.27. The lowest BCUT2D eigenvalue weighted by Crippen LogP contribution is -2.45. The molecule has 0 saturated carbocycles. The molecule has 104 valence electrons. The Morgan fingerprint density at radius 2 is 2.44 bits per heavy atom. The highest BCUT2D eigenvalue weighted by atomic mass is 16.5. The molecule has 4 nitrogen and oxygen atoms in total. The van der Waals surface area contributed by atoms with E-state index in [2.05, 4.69) is 6.58 Å². The zero-order valence-corrected chi connectivity index (χ0v) is 11.4. The summed E-state index contributed by atoms with van der Waals surface area (Å²) in [6.45, 7) is 8.50. The second kappa shape index (κ2) is 8.27. The lowest BCUT2D eigenvalue weighted by molar-refractivity contribution is -0.133. The highest BCUT2D eigenvalue weighted by Gasteiger charge is 2.25. The van der Waals surface area contributed by atoms with Crippen molar-refractivity contribution in [3.8, 4) is 0 Å². The molecule has 1 fully saturated rings. The average molecular weight is 254 g/mol. The molecule has 1 amide bonds. The lowest BCUT2D eigenvalue weighted by Gasteiger charge is -2.34. The molecule has 18 heavy (non-hydrogen) atoms. The van der Waals surface area contributed by atoms with E-state index >= 15 is 0 Å². The summed E-state index contributed by atoms with van der Waals surface area (Å²) in [5, 5.41) is 0. The van der Waals surface area contributed by atoms with E-state index in [-0.39, 0.29) is 11.9 Å². The Balaban J connectivity index is 2.22. The molecule has 1 heterocycles. The number of hydrogen-bond acceptors (Lipinski definition) is 3. The van der Waals surface area contributed by atoms with Gasteiger partial charge in [0.2, 0.25) is 5.91 Å². The van der Waals surface area contributed by atoms with Crippen LogP contribution in [0.4, 0.5) is 0 Å². The van der Waals surface area contributed by atoms with Crippen molar-refractivity contribution >= 4 is 5.91 Å². The van der Waals surface area contributed by atoms with E-state index in [0.717, 1.165) is 32.4 Å². The molecular weight excluding hydrogens is 228 g/mol. The van der Waals surface area contributed by atoms with Crippen LogP contribution in [0, 0.1) is 5.92 Å². The molecule has 0 aromatic heterocycles. The summed E-state index contributed by atoms with van der Waals surface area (Å²) in [7, 11) is 0. The van der Waals surface area contributed by atoms with Crippen LogP contribution in [0.15, 0.2) is 12.7 Å². The van der Waals surface area contributed by atoms with Gasteiger partial charge in [-0.3, -0.25) is 4.79 Å². The zero-order chi connectivity index (χ0) is 13.4. The van der Waals surface area contributed by atoms with Crippen LogP contribution in [-0.2, 0) is 9.53 Å². The van der Waals surface area contributed by atoms with Crippen LogP contribution < -0.4 is 5.73 Å². The first-order valence-electron chi connectivity index (χ1n) is 6.87. The van der Waals surface area contributed by atoms with Crippen molar-refractivity contribution in [2.24, 2.45) is 11.7 Å². The van der Waals surface area contributed by atoms with Crippen LogP contribution >= 0.6 is 0 Å². The smallest absolute Gasteiger partial charge is 0.222 e. The molecule has 0 radical (unpaired) electrons. The van der Waals surface area contributed by atoms with Crippen molar-refractivity contribution in [3.05, 3.63) is 12.7 Å². The minimum Gasteiger partial charge on any atom is -0.377 e. The Morgan fingerprint density at radius 1 is 1.67 bits per heavy atom. The van der Waals surface area contributed by atoms with E-state index < -0.39 is 0 Å². The van der Waals surface area contributed by atoms with Crippen LogP contribution in [-0.4, -0.2) is 43.2 Å². The Bertz CT molecular complexity index is 267. The van der Waals surface area contributed by atoms with Crippen LogP contribution in [0.2, 0.25) is 0 Å². The maximum atomic E-state index is 12.0. The Labute approximate surface area is 110 Å². The zero-order valence-electron chi connectivity index (χ0n) is 11.4. The molecular formula is C14H26N2O2. The van der Waals surface area contributed by atoms with Crippen molar-refractivity contribution < 1.29 is 9.53 Å². The third kappa shape index (κ3) is 5.19. The first kappa shape index (κ1) is 15.2. The van der Waals surface area contributed by atoms with E-state index in [0.29, 0.717) is 25.6 Å². The van der Waals surface area contributed by atoms with Gasteiger partial charge in [-0.2, -0.15) is 0 Å². The van der Waals surface area contributed by atoms with Gasteiger partial charge in [0.15, 0.2) is 0 Å². The number of carbonyl (C=O) groups excluding carboxylic acids is 1. The number of ether oxygens (including phenoxy) is 1. The number of hydrogen-bond donors (Lipinski definition) is 1. The average Bonchev–Trinajstić information content (AvgIpc) is 2.38. The minimum atomic E-state index is 0.177. The van der Waals surface area contributed by atoms with Gasteiger partial charge >= 0.3 is 0 Å². The van der Waals surface area contributed by atoms with Gasteiger partial charge in [-0.15, -0.1) is 6.58 Å². The molecule has 1 rings (SSSR count). The fourth-order valence-corrected chi connectivity index (χ4v) is 2.32. The van der Waals surface area contributed by atoms with E-state index in [1.54, 1.807) is 6.08 Å². The Hall–Kier alpha value is -0.870. The number of amides is 1. The third-order valence-corrected chi connectivity index (χ3v) is 3.47. The lowest BCUT2D eigenvalue weighted by atomic mass is 9.92. The van der Waals surface area contributed by atoms with Gasteiger partial charge in [-0.05, 0) is 32.1 Å². The van der Waals surface area contributed by atoms with Crippen molar-refractivity contribution in [1.82, 2.24) is 4.90 Å². The van der Waals surface area contributed by atoms with Crippen LogP contribution in [0.5, 0.6) is 0 Å². The van der Waals surface area contributed by atoms with Gasteiger partial charge < -0.3 is 15.4 Å². The Kier molecular flexibility index (Phi) is 6.98. The summed E-state index contributed by atoms with van der Waals surface area (Å²) in [5.74, 6) is 0.697. The molecule has 1 aliphatic heterocycles. The molecule has 1 aliphatic rings. The number of rotatable bonds is 7. The standard InChI is InChI=1S/C14H26N2O2/c1-3-9-18-10-5-7-14(17)16-8-4-6-13(11-16)12(2)15/h3,12-13H,1,4-11,15H2,2H3. The fraction of sp³-hybridized carbons (Fsp3) is 0.786. The van der Waals surface area contributed by atoms with E-state index in [9.17, 15) is 4.79 Å². The van der Waals surface area contributed by atoms with E-state index in [1.165, 1.54) is 0 Å². The quantitative estimate of drug-likeness (QED) is 0.554. The van der Waals surface area contributed by atoms with Gasteiger partial charge in [-0.25, -0.2) is 0 Å². The van der Waals surface area contributed by atoms with Crippen molar-refractivity contribution in [3.63, 3.8) is 0 Å². The fourth-order valence-electron chi connectivity index (χ4n) is 2.32. The number of nitrogens with two attached hydrogens (primary N) is 1. The summed E-state index contributed by atoms with van der Waals surface area (Å²) in [4.78, 5) is 14.0. The molecule has 0 bridgehead atoms. The third-order valence-electron chi connectivity index (χ3n) is 3.47. The second-order valence-corrected chi connectivity index (χ2v) is 5.07. The molecule has 2 atom stereocenters. The van der Waals surface area contributed by atoms with Crippen molar-refractivity contribution in [2.45, 2.75) is 38.6 Å². The van der Waals surface area contributed by atoms with Gasteiger partial charge in [0, 0.05) is 32.2 Å². The van der Waals surface area contributed by atoms with Crippen LogP contribution in [0.25, 0.3) is 0 Å². The van der Waals surface area contributed by atoms with Gasteiger partial charge in [0.25, 0.3) is 0 Å². The highest BCUT2D eigenvalue weighted by molar-refractivity contribution is 5.76. The van der Waals surface area contributed by atoms with Gasteiger partial charge in [-0.1, -0.05) is 6.08 Å². The first-order chi connectivity index (χ1) is 8.65. The highest BCUT2D eigenvalue weighted by Crippen LogP contribution is 2.19. The molecule has 2 unspecified atom stereocenters. The maximum Gasteiger partial charge on any atom is 0.222 e. The summed E-state index contributed by atoms with van der Waals surface area (Å²) in [5.41, 5.74) is 5.92. The van der Waals surface area contributed by atoms with Crippen molar-refractivity contribution in [2.75, 3.05) is 26.3 Å². The normalized spacial score (nSPS) is 21.7. The number of nitrogens with zero attached hydrogens (tertiary/aromatic N) is 1. The SMILES string of the molecule is C=CCOCCCC(=O)N1CCCC(C(C)N)C1. The number of likely N-dealkylation sites (tertiary alicyclic amines) is 1.